The largest absolute Gasteiger partial charge is 0.385 e. The lowest BCUT2D eigenvalue weighted by Gasteiger charge is -2.23. The Bertz CT molecular complexity index is 485. The van der Waals surface area contributed by atoms with Crippen LogP contribution in [0.25, 0.3) is 0 Å². The third-order valence-electron chi connectivity index (χ3n) is 3.07. The number of hydrogen-bond donors (Lipinski definition) is 2. The minimum atomic E-state index is -0.506. The molecule has 1 heterocycles. The van der Waals surface area contributed by atoms with Crippen molar-refractivity contribution in [2.24, 2.45) is 5.73 Å². The van der Waals surface area contributed by atoms with Crippen LogP contribution in [-0.4, -0.2) is 36.9 Å². The number of carbonyl (C=O) groups is 2. The fourth-order valence-corrected chi connectivity index (χ4v) is 2.22. The van der Waals surface area contributed by atoms with Crippen LogP contribution in [-0.2, 0) is 11.2 Å². The molecule has 0 saturated carbocycles. The summed E-state index contributed by atoms with van der Waals surface area (Å²) < 4.78 is 0. The van der Waals surface area contributed by atoms with E-state index in [4.69, 9.17) is 5.73 Å². The highest BCUT2D eigenvalue weighted by Gasteiger charge is 2.20. The standard InChI is InChI=1S/C13H17N3O2/c1-16(8-12(14)17)13(18)10-4-2-6-11-9(10)5-3-7-15-11/h2,4,6,15H,3,5,7-8H2,1H3,(H2,14,17). The number of nitrogens with two attached hydrogens (primary N) is 1. The van der Waals surface area contributed by atoms with Gasteiger partial charge < -0.3 is 16.0 Å². The Morgan fingerprint density at radius 2 is 2.22 bits per heavy atom. The first-order valence-corrected chi connectivity index (χ1v) is 5.99. The number of likely N-dealkylation sites (N-methyl/N-ethyl adjacent to an activating group) is 1. The van der Waals surface area contributed by atoms with Gasteiger partial charge in [0.25, 0.3) is 5.91 Å². The summed E-state index contributed by atoms with van der Waals surface area (Å²) >= 11 is 0. The molecular weight excluding hydrogens is 230 g/mol. The number of nitrogens with one attached hydrogen (secondary N) is 1. The lowest BCUT2D eigenvalue weighted by molar-refractivity contribution is -0.118. The Kier molecular flexibility index (Phi) is 3.50. The van der Waals surface area contributed by atoms with Gasteiger partial charge in [-0.25, -0.2) is 0 Å². The highest BCUT2D eigenvalue weighted by atomic mass is 16.2. The summed E-state index contributed by atoms with van der Waals surface area (Å²) in [6, 6.07) is 5.62. The van der Waals surface area contributed by atoms with Crippen molar-refractivity contribution in [2.45, 2.75) is 12.8 Å². The monoisotopic (exact) mass is 247 g/mol. The van der Waals surface area contributed by atoms with E-state index in [1.807, 2.05) is 12.1 Å². The highest BCUT2D eigenvalue weighted by Crippen LogP contribution is 2.25. The first-order chi connectivity index (χ1) is 8.59. The molecule has 5 nitrogen and oxygen atoms in total. The van der Waals surface area contributed by atoms with Crippen LogP contribution in [0.15, 0.2) is 18.2 Å². The predicted molar refractivity (Wildman–Crippen MR) is 69.4 cm³/mol. The van der Waals surface area contributed by atoms with Crippen molar-refractivity contribution >= 4 is 17.5 Å². The number of carbonyl (C=O) groups excluding carboxylic acids is 2. The molecule has 0 aliphatic carbocycles. The van der Waals surface area contributed by atoms with E-state index in [2.05, 4.69) is 5.32 Å². The number of amides is 2. The van der Waals surface area contributed by atoms with Crippen molar-refractivity contribution in [3.8, 4) is 0 Å². The fraction of sp³-hybridized carbons (Fsp3) is 0.385. The first-order valence-electron chi connectivity index (χ1n) is 5.99. The van der Waals surface area contributed by atoms with Crippen molar-refractivity contribution in [3.63, 3.8) is 0 Å². The van der Waals surface area contributed by atoms with Crippen molar-refractivity contribution in [1.82, 2.24) is 4.90 Å². The maximum Gasteiger partial charge on any atom is 0.254 e. The number of anilines is 1. The van der Waals surface area contributed by atoms with Gasteiger partial charge in [-0.1, -0.05) is 6.07 Å². The quantitative estimate of drug-likeness (QED) is 0.821. The normalized spacial score (nSPS) is 13.4. The molecule has 5 heteroatoms. The van der Waals surface area contributed by atoms with Crippen LogP contribution in [0.2, 0.25) is 0 Å². The van der Waals surface area contributed by atoms with Gasteiger partial charge in [0.05, 0.1) is 6.54 Å². The smallest absolute Gasteiger partial charge is 0.254 e. The topological polar surface area (TPSA) is 75.4 Å². The van der Waals surface area contributed by atoms with Gasteiger partial charge in [0.15, 0.2) is 0 Å². The molecule has 1 aromatic carbocycles. The third-order valence-corrected chi connectivity index (χ3v) is 3.07. The average molecular weight is 247 g/mol. The molecule has 2 rings (SSSR count). The van der Waals surface area contributed by atoms with Gasteiger partial charge in [-0.05, 0) is 30.5 Å². The molecule has 18 heavy (non-hydrogen) atoms. The third kappa shape index (κ3) is 2.45. The Labute approximate surface area is 106 Å². The van der Waals surface area contributed by atoms with Crippen LogP contribution >= 0.6 is 0 Å². The van der Waals surface area contributed by atoms with Gasteiger partial charge in [-0.3, -0.25) is 9.59 Å². The molecule has 96 valence electrons. The summed E-state index contributed by atoms with van der Waals surface area (Å²) in [7, 11) is 1.59. The highest BCUT2D eigenvalue weighted by molar-refractivity contribution is 5.98. The van der Waals surface area contributed by atoms with E-state index in [0.717, 1.165) is 30.6 Å². The lowest BCUT2D eigenvalue weighted by Crippen LogP contribution is -2.36. The summed E-state index contributed by atoms with van der Waals surface area (Å²) in [6.45, 7) is 0.873. The van der Waals surface area contributed by atoms with Gasteiger partial charge in [-0.15, -0.1) is 0 Å². The second-order valence-corrected chi connectivity index (χ2v) is 4.49. The molecule has 0 fully saturated rings. The zero-order valence-electron chi connectivity index (χ0n) is 10.4. The summed E-state index contributed by atoms with van der Waals surface area (Å²) in [4.78, 5) is 24.4. The van der Waals surface area contributed by atoms with Crippen LogP contribution < -0.4 is 11.1 Å². The van der Waals surface area contributed by atoms with Gasteiger partial charge in [0, 0.05) is 24.8 Å². The van der Waals surface area contributed by atoms with E-state index in [0.29, 0.717) is 5.56 Å². The van der Waals surface area contributed by atoms with Crippen LogP contribution in [0.1, 0.15) is 22.3 Å². The zero-order valence-corrected chi connectivity index (χ0v) is 10.4. The van der Waals surface area contributed by atoms with E-state index in [9.17, 15) is 9.59 Å². The molecular formula is C13H17N3O2. The summed E-state index contributed by atoms with van der Waals surface area (Å²) in [6.07, 6.45) is 1.89. The van der Waals surface area contributed by atoms with Crippen molar-refractivity contribution in [2.75, 3.05) is 25.5 Å². The average Bonchev–Trinajstić information content (AvgIpc) is 2.36. The second kappa shape index (κ2) is 5.08. The number of benzene rings is 1. The maximum absolute atomic E-state index is 12.2. The number of fused-ring (bicyclic) bond motifs is 1. The molecule has 0 unspecified atom stereocenters. The Morgan fingerprint density at radius 1 is 1.44 bits per heavy atom. The van der Waals surface area contributed by atoms with Crippen molar-refractivity contribution in [3.05, 3.63) is 29.3 Å². The minimum Gasteiger partial charge on any atom is -0.385 e. The van der Waals surface area contributed by atoms with Gasteiger partial charge in [0.2, 0.25) is 5.91 Å². The van der Waals surface area contributed by atoms with Crippen molar-refractivity contribution in [1.29, 1.82) is 0 Å². The molecule has 0 radical (unpaired) electrons. The fourth-order valence-electron chi connectivity index (χ4n) is 2.22. The lowest BCUT2D eigenvalue weighted by atomic mass is 9.97. The summed E-state index contributed by atoms with van der Waals surface area (Å²) in [5.41, 5.74) is 7.80. The van der Waals surface area contributed by atoms with E-state index in [1.165, 1.54) is 4.90 Å². The van der Waals surface area contributed by atoms with Crippen LogP contribution in [0.4, 0.5) is 5.69 Å². The number of hydrogen-bond acceptors (Lipinski definition) is 3. The molecule has 2 amide bonds. The van der Waals surface area contributed by atoms with E-state index < -0.39 is 5.91 Å². The Balaban J connectivity index is 2.27. The Hall–Kier alpha value is -2.04. The maximum atomic E-state index is 12.2. The molecule has 0 saturated heterocycles. The first kappa shape index (κ1) is 12.4. The second-order valence-electron chi connectivity index (χ2n) is 4.49. The van der Waals surface area contributed by atoms with Crippen molar-refractivity contribution < 1.29 is 9.59 Å². The minimum absolute atomic E-state index is 0.0596. The van der Waals surface area contributed by atoms with E-state index in [-0.39, 0.29) is 12.5 Å². The molecule has 1 aliphatic rings. The van der Waals surface area contributed by atoms with Crippen LogP contribution in [0.5, 0.6) is 0 Å². The molecule has 0 aromatic heterocycles. The van der Waals surface area contributed by atoms with Gasteiger partial charge in [0.1, 0.15) is 0 Å². The number of primary amides is 1. The van der Waals surface area contributed by atoms with E-state index in [1.54, 1.807) is 13.1 Å². The predicted octanol–water partition coefficient (Wildman–Crippen LogP) is 0.602. The van der Waals surface area contributed by atoms with Crippen LogP contribution in [0.3, 0.4) is 0 Å². The van der Waals surface area contributed by atoms with E-state index >= 15 is 0 Å². The summed E-state index contributed by atoms with van der Waals surface area (Å²) in [5.74, 6) is -0.664. The zero-order chi connectivity index (χ0) is 13.1. The molecule has 1 aromatic rings. The van der Waals surface area contributed by atoms with Gasteiger partial charge >= 0.3 is 0 Å². The SMILES string of the molecule is CN(CC(N)=O)C(=O)c1cccc2c1CCCN2. The molecule has 0 spiro atoms. The van der Waals surface area contributed by atoms with Crippen LogP contribution in [0, 0.1) is 0 Å². The molecule has 1 aliphatic heterocycles. The molecule has 0 bridgehead atoms. The summed E-state index contributed by atoms with van der Waals surface area (Å²) in [5, 5.41) is 3.28. The Morgan fingerprint density at radius 3 is 2.94 bits per heavy atom. The number of nitrogens with zero attached hydrogens (tertiary/aromatic N) is 1. The molecule has 3 N–H and O–H groups in total. The van der Waals surface area contributed by atoms with Gasteiger partial charge in [-0.2, -0.15) is 0 Å². The molecule has 0 atom stereocenters. The number of rotatable bonds is 3.